The summed E-state index contributed by atoms with van der Waals surface area (Å²) in [5, 5.41) is 0. The molecule has 0 radical (unpaired) electrons. The number of sulfonamides is 1. The molecular weight excluding hydrogens is 429 g/mol. The SMILES string of the molecule is COc1ccc(S(=O)(=O)c2ccccc2)cc1S(=O)(=O)NCCc1ccccc1F. The van der Waals surface area contributed by atoms with Crippen LogP contribution in [0.25, 0.3) is 0 Å². The third-order valence-corrected chi connectivity index (χ3v) is 7.68. The first-order valence-corrected chi connectivity index (χ1v) is 11.9. The van der Waals surface area contributed by atoms with Gasteiger partial charge in [0.25, 0.3) is 0 Å². The van der Waals surface area contributed by atoms with E-state index in [4.69, 9.17) is 4.74 Å². The lowest BCUT2D eigenvalue weighted by atomic mass is 10.1. The molecular formula is C21H20FNO5S2. The summed E-state index contributed by atoms with van der Waals surface area (Å²) in [7, 11) is -6.74. The molecule has 0 heterocycles. The van der Waals surface area contributed by atoms with Crippen LogP contribution in [0.3, 0.4) is 0 Å². The number of hydrogen-bond donors (Lipinski definition) is 1. The molecule has 3 aromatic rings. The van der Waals surface area contributed by atoms with Crippen molar-refractivity contribution in [3.05, 3.63) is 84.2 Å². The van der Waals surface area contributed by atoms with Gasteiger partial charge in [0.15, 0.2) is 0 Å². The van der Waals surface area contributed by atoms with Gasteiger partial charge in [-0.2, -0.15) is 0 Å². The maximum Gasteiger partial charge on any atom is 0.244 e. The highest BCUT2D eigenvalue weighted by molar-refractivity contribution is 7.91. The van der Waals surface area contributed by atoms with Gasteiger partial charge in [-0.3, -0.25) is 0 Å². The smallest absolute Gasteiger partial charge is 0.244 e. The summed E-state index contributed by atoms with van der Waals surface area (Å²) >= 11 is 0. The van der Waals surface area contributed by atoms with Crippen molar-refractivity contribution in [1.82, 2.24) is 4.72 Å². The van der Waals surface area contributed by atoms with E-state index in [2.05, 4.69) is 4.72 Å². The number of methoxy groups -OCH3 is 1. The third-order valence-electron chi connectivity index (χ3n) is 4.43. The predicted molar refractivity (Wildman–Crippen MR) is 110 cm³/mol. The van der Waals surface area contributed by atoms with Crippen LogP contribution in [0.15, 0.2) is 87.5 Å². The van der Waals surface area contributed by atoms with Crippen molar-refractivity contribution in [1.29, 1.82) is 0 Å². The standard InChI is InChI=1S/C21H20FNO5S2/c1-28-20-12-11-18(29(24,25)17-8-3-2-4-9-17)15-21(20)30(26,27)23-14-13-16-7-5-6-10-19(16)22/h2-12,15,23H,13-14H2,1H3. The van der Waals surface area contributed by atoms with Crippen LogP contribution in [0.1, 0.15) is 5.56 Å². The summed E-state index contributed by atoms with van der Waals surface area (Å²) in [6, 6.07) is 17.4. The molecule has 3 aromatic carbocycles. The molecule has 1 N–H and O–H groups in total. The normalized spacial score (nSPS) is 11.9. The van der Waals surface area contributed by atoms with Gasteiger partial charge in [0.2, 0.25) is 19.9 Å². The Bertz CT molecular complexity index is 1240. The van der Waals surface area contributed by atoms with Crippen LogP contribution in [0.2, 0.25) is 0 Å². The highest BCUT2D eigenvalue weighted by Gasteiger charge is 2.25. The van der Waals surface area contributed by atoms with Crippen molar-refractivity contribution in [2.24, 2.45) is 0 Å². The lowest BCUT2D eigenvalue weighted by Gasteiger charge is -2.13. The van der Waals surface area contributed by atoms with Gasteiger partial charge < -0.3 is 4.74 Å². The highest BCUT2D eigenvalue weighted by atomic mass is 32.2. The minimum Gasteiger partial charge on any atom is -0.495 e. The van der Waals surface area contributed by atoms with Gasteiger partial charge in [0.1, 0.15) is 16.5 Å². The fourth-order valence-corrected chi connectivity index (χ4v) is 5.48. The Balaban J connectivity index is 1.90. The Morgan fingerprint density at radius 3 is 2.20 bits per heavy atom. The Labute approximate surface area is 175 Å². The Hall–Kier alpha value is -2.75. The largest absolute Gasteiger partial charge is 0.495 e. The Kier molecular flexibility index (Phi) is 6.55. The van der Waals surface area contributed by atoms with Crippen LogP contribution in [0.5, 0.6) is 5.75 Å². The van der Waals surface area contributed by atoms with E-state index in [0.717, 1.165) is 6.07 Å². The maximum atomic E-state index is 13.7. The summed E-state index contributed by atoms with van der Waals surface area (Å²) in [5.41, 5.74) is 0.368. The quantitative estimate of drug-likeness (QED) is 0.571. The van der Waals surface area contributed by atoms with E-state index in [1.807, 2.05) is 0 Å². The van der Waals surface area contributed by atoms with E-state index in [1.165, 1.54) is 37.4 Å². The zero-order valence-electron chi connectivity index (χ0n) is 16.1. The summed E-state index contributed by atoms with van der Waals surface area (Å²) < 4.78 is 72.6. The van der Waals surface area contributed by atoms with Gasteiger partial charge in [-0.1, -0.05) is 36.4 Å². The van der Waals surface area contributed by atoms with Gasteiger partial charge in [0, 0.05) is 6.54 Å². The second-order valence-corrected chi connectivity index (χ2v) is 10.1. The average Bonchev–Trinajstić information content (AvgIpc) is 2.75. The van der Waals surface area contributed by atoms with Crippen LogP contribution in [0, 0.1) is 5.82 Å². The van der Waals surface area contributed by atoms with Crippen molar-refractivity contribution >= 4 is 19.9 Å². The average molecular weight is 450 g/mol. The van der Waals surface area contributed by atoms with Gasteiger partial charge in [0.05, 0.1) is 16.9 Å². The Morgan fingerprint density at radius 1 is 0.867 bits per heavy atom. The summed E-state index contributed by atoms with van der Waals surface area (Å²) in [4.78, 5) is -0.439. The zero-order chi connectivity index (χ0) is 21.8. The molecule has 0 aliphatic rings. The first kappa shape index (κ1) is 21.9. The van der Waals surface area contributed by atoms with Gasteiger partial charge in [-0.05, 0) is 48.4 Å². The first-order chi connectivity index (χ1) is 14.3. The van der Waals surface area contributed by atoms with Crippen LogP contribution in [-0.2, 0) is 26.3 Å². The molecule has 0 aliphatic heterocycles. The predicted octanol–water partition coefficient (Wildman–Crippen LogP) is 3.19. The number of halogens is 1. The van der Waals surface area contributed by atoms with Crippen molar-refractivity contribution < 1.29 is 26.0 Å². The molecule has 0 saturated carbocycles. The van der Waals surface area contributed by atoms with Crippen LogP contribution < -0.4 is 9.46 Å². The van der Waals surface area contributed by atoms with Crippen LogP contribution >= 0.6 is 0 Å². The lowest BCUT2D eigenvalue weighted by molar-refractivity contribution is 0.401. The number of benzene rings is 3. The van der Waals surface area contributed by atoms with Gasteiger partial charge >= 0.3 is 0 Å². The fraction of sp³-hybridized carbons (Fsp3) is 0.143. The van der Waals surface area contributed by atoms with E-state index in [9.17, 15) is 21.2 Å². The third kappa shape index (κ3) is 4.69. The van der Waals surface area contributed by atoms with E-state index >= 15 is 0 Å². The van der Waals surface area contributed by atoms with E-state index in [-0.39, 0.29) is 33.4 Å². The number of hydrogen-bond acceptors (Lipinski definition) is 5. The summed E-state index contributed by atoms with van der Waals surface area (Å²) in [6.07, 6.45) is 0.135. The highest BCUT2D eigenvalue weighted by Crippen LogP contribution is 2.29. The number of nitrogens with one attached hydrogen (secondary N) is 1. The molecule has 30 heavy (non-hydrogen) atoms. The minimum absolute atomic E-state index is 0.000373. The second kappa shape index (κ2) is 8.95. The van der Waals surface area contributed by atoms with Crippen molar-refractivity contribution in [2.45, 2.75) is 21.1 Å². The molecule has 0 fully saturated rings. The molecule has 0 saturated heterocycles. The molecule has 0 spiro atoms. The zero-order valence-corrected chi connectivity index (χ0v) is 17.7. The molecule has 0 bridgehead atoms. The van der Waals surface area contributed by atoms with E-state index in [1.54, 1.807) is 36.4 Å². The topological polar surface area (TPSA) is 89.5 Å². The Morgan fingerprint density at radius 2 is 1.53 bits per heavy atom. The number of rotatable bonds is 8. The van der Waals surface area contributed by atoms with E-state index in [0.29, 0.717) is 5.56 Å². The van der Waals surface area contributed by atoms with Crippen molar-refractivity contribution in [3.63, 3.8) is 0 Å². The van der Waals surface area contributed by atoms with Crippen molar-refractivity contribution in [3.8, 4) is 5.75 Å². The molecule has 0 atom stereocenters. The maximum absolute atomic E-state index is 13.7. The lowest BCUT2D eigenvalue weighted by Crippen LogP contribution is -2.27. The number of ether oxygens (including phenoxy) is 1. The monoisotopic (exact) mass is 449 g/mol. The fourth-order valence-electron chi connectivity index (χ4n) is 2.87. The molecule has 158 valence electrons. The molecule has 9 heteroatoms. The summed E-state index contributed by atoms with van der Waals surface area (Å²) in [5.74, 6) is -0.425. The number of sulfone groups is 1. The molecule has 3 rings (SSSR count). The molecule has 0 unspecified atom stereocenters. The van der Waals surface area contributed by atoms with E-state index < -0.39 is 25.7 Å². The van der Waals surface area contributed by atoms with Crippen molar-refractivity contribution in [2.75, 3.05) is 13.7 Å². The van der Waals surface area contributed by atoms with Gasteiger partial charge in [-0.15, -0.1) is 0 Å². The molecule has 0 aliphatic carbocycles. The molecule has 0 aromatic heterocycles. The van der Waals surface area contributed by atoms with Gasteiger partial charge in [-0.25, -0.2) is 25.9 Å². The summed E-state index contributed by atoms with van der Waals surface area (Å²) in [6.45, 7) is -0.0674. The first-order valence-electron chi connectivity index (χ1n) is 8.97. The molecule has 6 nitrogen and oxygen atoms in total. The second-order valence-electron chi connectivity index (χ2n) is 6.37. The molecule has 0 amide bonds. The van der Waals surface area contributed by atoms with Crippen LogP contribution in [0.4, 0.5) is 4.39 Å². The van der Waals surface area contributed by atoms with Crippen LogP contribution in [-0.4, -0.2) is 30.5 Å². The minimum atomic E-state index is -4.11.